The van der Waals surface area contributed by atoms with Gasteiger partial charge in [-0.3, -0.25) is 4.99 Å². The second-order valence-corrected chi connectivity index (χ2v) is 7.50. The Bertz CT molecular complexity index is 592. The van der Waals surface area contributed by atoms with Crippen molar-refractivity contribution in [2.45, 2.75) is 19.8 Å². The standard InChI is InChI=1S/C20H33N5O/c1-17(16-23-9-5-6-10-23)15-22-20(21-2)25-13-11-24(12-14-25)18-7-3-4-8-19(18)26/h3-4,7-8,17,26H,5-6,9-16H2,1-2H3,(H,21,22). The summed E-state index contributed by atoms with van der Waals surface area (Å²) in [6.45, 7) is 10.6. The Kier molecular flexibility index (Phi) is 6.61. The summed E-state index contributed by atoms with van der Waals surface area (Å²) in [6.07, 6.45) is 2.70. The summed E-state index contributed by atoms with van der Waals surface area (Å²) >= 11 is 0. The molecule has 2 aliphatic rings. The third-order valence-electron chi connectivity index (χ3n) is 5.39. The van der Waals surface area contributed by atoms with Crippen molar-refractivity contribution < 1.29 is 5.11 Å². The number of phenols is 1. The maximum atomic E-state index is 10.1. The van der Waals surface area contributed by atoms with Gasteiger partial charge in [-0.05, 0) is 44.0 Å². The predicted molar refractivity (Wildman–Crippen MR) is 108 cm³/mol. The number of hydrogen-bond donors (Lipinski definition) is 2. The van der Waals surface area contributed by atoms with Crippen molar-refractivity contribution in [3.8, 4) is 5.75 Å². The minimum Gasteiger partial charge on any atom is -0.506 e. The van der Waals surface area contributed by atoms with Crippen molar-refractivity contribution >= 4 is 11.6 Å². The first-order chi connectivity index (χ1) is 12.7. The zero-order chi connectivity index (χ0) is 18.4. The van der Waals surface area contributed by atoms with E-state index in [2.05, 4.69) is 31.9 Å². The Hall–Kier alpha value is -1.95. The smallest absolute Gasteiger partial charge is 0.193 e. The van der Waals surface area contributed by atoms with Crippen LogP contribution < -0.4 is 10.2 Å². The molecule has 0 amide bonds. The van der Waals surface area contributed by atoms with Gasteiger partial charge in [0.2, 0.25) is 0 Å². The number of aromatic hydroxyl groups is 1. The van der Waals surface area contributed by atoms with Gasteiger partial charge in [0.25, 0.3) is 0 Å². The lowest BCUT2D eigenvalue weighted by atomic mass is 10.1. The molecule has 0 spiro atoms. The number of para-hydroxylation sites is 2. The van der Waals surface area contributed by atoms with E-state index in [-0.39, 0.29) is 0 Å². The maximum absolute atomic E-state index is 10.1. The van der Waals surface area contributed by atoms with Gasteiger partial charge in [-0.15, -0.1) is 0 Å². The van der Waals surface area contributed by atoms with Gasteiger partial charge in [0.05, 0.1) is 5.69 Å². The van der Waals surface area contributed by atoms with Gasteiger partial charge in [-0.2, -0.15) is 0 Å². The van der Waals surface area contributed by atoms with Crippen molar-refractivity contribution in [1.82, 2.24) is 15.1 Å². The minimum absolute atomic E-state index is 0.360. The highest BCUT2D eigenvalue weighted by molar-refractivity contribution is 5.80. The third-order valence-corrected chi connectivity index (χ3v) is 5.39. The molecule has 0 radical (unpaired) electrons. The fourth-order valence-electron chi connectivity index (χ4n) is 3.96. The van der Waals surface area contributed by atoms with Gasteiger partial charge in [-0.1, -0.05) is 19.1 Å². The van der Waals surface area contributed by atoms with Crippen LogP contribution in [0.1, 0.15) is 19.8 Å². The van der Waals surface area contributed by atoms with Gasteiger partial charge >= 0.3 is 0 Å². The van der Waals surface area contributed by atoms with E-state index in [0.717, 1.165) is 44.4 Å². The van der Waals surface area contributed by atoms with Crippen LogP contribution in [-0.2, 0) is 0 Å². The van der Waals surface area contributed by atoms with E-state index >= 15 is 0 Å². The molecule has 1 atom stereocenters. The van der Waals surface area contributed by atoms with E-state index in [1.807, 2.05) is 25.2 Å². The number of aliphatic imine (C=N–C) groups is 1. The Morgan fingerprint density at radius 1 is 1.12 bits per heavy atom. The Morgan fingerprint density at radius 3 is 2.46 bits per heavy atom. The molecule has 2 aliphatic heterocycles. The summed E-state index contributed by atoms with van der Waals surface area (Å²) in [7, 11) is 1.86. The number of nitrogens with one attached hydrogen (secondary N) is 1. The van der Waals surface area contributed by atoms with Crippen LogP contribution in [0.2, 0.25) is 0 Å². The molecule has 0 aliphatic carbocycles. The normalized spacial score (nSPS) is 20.5. The van der Waals surface area contributed by atoms with Crippen LogP contribution >= 0.6 is 0 Å². The molecule has 3 rings (SSSR count). The van der Waals surface area contributed by atoms with Gasteiger partial charge < -0.3 is 25.1 Å². The zero-order valence-corrected chi connectivity index (χ0v) is 16.2. The van der Waals surface area contributed by atoms with Crippen molar-refractivity contribution in [2.24, 2.45) is 10.9 Å². The lowest BCUT2D eigenvalue weighted by Gasteiger charge is -2.38. The lowest BCUT2D eigenvalue weighted by molar-refractivity contribution is 0.285. The number of likely N-dealkylation sites (tertiary alicyclic amines) is 1. The second-order valence-electron chi connectivity index (χ2n) is 7.50. The minimum atomic E-state index is 0.360. The fourth-order valence-corrected chi connectivity index (χ4v) is 3.96. The summed E-state index contributed by atoms with van der Waals surface area (Å²) in [4.78, 5) is 11.6. The Morgan fingerprint density at radius 2 is 1.81 bits per heavy atom. The summed E-state index contributed by atoms with van der Waals surface area (Å²) in [5.41, 5.74) is 0.925. The maximum Gasteiger partial charge on any atom is 0.193 e. The van der Waals surface area contributed by atoms with Gasteiger partial charge in [0.15, 0.2) is 5.96 Å². The molecule has 2 saturated heterocycles. The van der Waals surface area contributed by atoms with Crippen LogP contribution in [0.5, 0.6) is 5.75 Å². The van der Waals surface area contributed by atoms with E-state index in [0.29, 0.717) is 11.7 Å². The molecule has 0 saturated carbocycles. The first kappa shape index (κ1) is 18.8. The molecule has 6 nitrogen and oxygen atoms in total. The Balaban J connectivity index is 1.45. The molecule has 0 bridgehead atoms. The van der Waals surface area contributed by atoms with Crippen LogP contribution in [0, 0.1) is 5.92 Å². The summed E-state index contributed by atoms with van der Waals surface area (Å²) in [5, 5.41) is 13.6. The highest BCUT2D eigenvalue weighted by Crippen LogP contribution is 2.27. The van der Waals surface area contributed by atoms with Crippen molar-refractivity contribution in [1.29, 1.82) is 0 Å². The van der Waals surface area contributed by atoms with E-state index in [9.17, 15) is 5.11 Å². The lowest BCUT2D eigenvalue weighted by Crippen LogP contribution is -2.53. The number of piperazine rings is 1. The molecule has 0 aromatic heterocycles. The zero-order valence-electron chi connectivity index (χ0n) is 16.2. The van der Waals surface area contributed by atoms with Crippen LogP contribution in [0.3, 0.4) is 0 Å². The number of guanidine groups is 1. The van der Waals surface area contributed by atoms with Crippen molar-refractivity contribution in [3.05, 3.63) is 24.3 Å². The highest BCUT2D eigenvalue weighted by Gasteiger charge is 2.22. The molecule has 26 heavy (non-hydrogen) atoms. The average Bonchev–Trinajstić information content (AvgIpc) is 3.16. The number of phenolic OH excluding ortho intramolecular Hbond substituents is 1. The van der Waals surface area contributed by atoms with E-state index < -0.39 is 0 Å². The summed E-state index contributed by atoms with van der Waals surface area (Å²) in [5.74, 6) is 1.97. The third kappa shape index (κ3) is 4.81. The monoisotopic (exact) mass is 359 g/mol. The molecule has 2 fully saturated rings. The molecule has 1 aromatic carbocycles. The van der Waals surface area contributed by atoms with Gasteiger partial charge in [0, 0.05) is 46.3 Å². The topological polar surface area (TPSA) is 54.3 Å². The van der Waals surface area contributed by atoms with Crippen LogP contribution in [-0.4, -0.2) is 80.3 Å². The van der Waals surface area contributed by atoms with E-state index in [4.69, 9.17) is 0 Å². The second kappa shape index (κ2) is 9.12. The van der Waals surface area contributed by atoms with Crippen molar-refractivity contribution in [2.75, 3.05) is 64.3 Å². The fraction of sp³-hybridized carbons (Fsp3) is 0.650. The van der Waals surface area contributed by atoms with Gasteiger partial charge in [0.1, 0.15) is 5.75 Å². The first-order valence-electron chi connectivity index (χ1n) is 9.88. The molecule has 1 unspecified atom stereocenters. The molecule has 2 N–H and O–H groups in total. The predicted octanol–water partition coefficient (Wildman–Crippen LogP) is 1.82. The number of nitrogens with zero attached hydrogens (tertiary/aromatic N) is 4. The number of hydrogen-bond acceptors (Lipinski definition) is 4. The first-order valence-corrected chi connectivity index (χ1v) is 9.88. The summed E-state index contributed by atoms with van der Waals surface area (Å²) < 4.78 is 0. The largest absolute Gasteiger partial charge is 0.506 e. The molecule has 144 valence electrons. The number of rotatable bonds is 5. The number of anilines is 1. The quantitative estimate of drug-likeness (QED) is 0.620. The van der Waals surface area contributed by atoms with Gasteiger partial charge in [-0.25, -0.2) is 0 Å². The molecule has 1 aromatic rings. The summed E-state index contributed by atoms with van der Waals surface area (Å²) in [6, 6.07) is 7.58. The van der Waals surface area contributed by atoms with Crippen LogP contribution in [0.15, 0.2) is 29.3 Å². The van der Waals surface area contributed by atoms with E-state index in [1.165, 1.54) is 32.5 Å². The molecule has 6 heteroatoms. The van der Waals surface area contributed by atoms with Crippen molar-refractivity contribution in [3.63, 3.8) is 0 Å². The number of benzene rings is 1. The molecular formula is C20H33N5O. The Labute approximate surface area is 157 Å². The molecular weight excluding hydrogens is 326 g/mol. The SMILES string of the molecule is CN=C(NCC(C)CN1CCCC1)N1CCN(c2ccccc2O)CC1. The highest BCUT2D eigenvalue weighted by atomic mass is 16.3. The molecule has 2 heterocycles. The van der Waals surface area contributed by atoms with Crippen LogP contribution in [0.25, 0.3) is 0 Å². The van der Waals surface area contributed by atoms with E-state index in [1.54, 1.807) is 6.07 Å². The van der Waals surface area contributed by atoms with Crippen LogP contribution in [0.4, 0.5) is 5.69 Å². The average molecular weight is 360 g/mol.